The van der Waals surface area contributed by atoms with E-state index in [9.17, 15) is 0 Å². The summed E-state index contributed by atoms with van der Waals surface area (Å²) in [7, 11) is 0. The Kier molecular flexibility index (Phi) is 6.99. The van der Waals surface area contributed by atoms with Crippen LogP contribution in [0.5, 0.6) is 0 Å². The van der Waals surface area contributed by atoms with Crippen LogP contribution >= 0.6 is 22.7 Å². The normalized spacial score (nSPS) is 12.7. The van der Waals surface area contributed by atoms with Gasteiger partial charge in [-0.05, 0) is 95.3 Å². The number of rotatable bonds is 11. The van der Waals surface area contributed by atoms with E-state index in [1.165, 1.54) is 103 Å². The van der Waals surface area contributed by atoms with Crippen molar-refractivity contribution in [1.82, 2.24) is 0 Å². The molecule has 4 aromatic rings. The van der Waals surface area contributed by atoms with Gasteiger partial charge in [0.1, 0.15) is 0 Å². The summed E-state index contributed by atoms with van der Waals surface area (Å²) >= 11 is 4.07. The first-order valence-electron chi connectivity index (χ1n) is 12.9. The number of benzene rings is 2. The molecule has 2 heteroatoms. The summed E-state index contributed by atoms with van der Waals surface area (Å²) in [4.78, 5) is 4.70. The van der Waals surface area contributed by atoms with Gasteiger partial charge in [-0.15, -0.1) is 22.7 Å². The predicted molar refractivity (Wildman–Crippen MR) is 146 cm³/mol. The van der Waals surface area contributed by atoms with Crippen molar-refractivity contribution >= 4 is 43.5 Å². The first kappa shape index (κ1) is 22.2. The summed E-state index contributed by atoms with van der Waals surface area (Å²) in [6, 6.07) is 14.8. The fourth-order valence-electron chi connectivity index (χ4n) is 5.22. The molecule has 0 spiro atoms. The number of hydrogen-bond acceptors (Lipinski definition) is 2. The molecule has 168 valence electrons. The smallest absolute Gasteiger partial charge is 0.0384 e. The minimum atomic E-state index is 1.12. The Labute approximate surface area is 201 Å². The Morgan fingerprint density at radius 1 is 0.594 bits per heavy atom. The second-order valence-electron chi connectivity index (χ2n) is 9.68. The molecule has 0 unspecified atom stereocenters. The largest absolute Gasteiger partial charge is 0.140 e. The average molecular weight is 461 g/mol. The van der Waals surface area contributed by atoms with Crippen LogP contribution in [0.1, 0.15) is 92.5 Å². The van der Waals surface area contributed by atoms with Crippen LogP contribution in [0.3, 0.4) is 0 Å². The highest BCUT2D eigenvalue weighted by molar-refractivity contribution is 7.19. The van der Waals surface area contributed by atoms with Crippen molar-refractivity contribution in [2.45, 2.75) is 90.9 Å². The molecule has 0 amide bonds. The summed E-state index contributed by atoms with van der Waals surface area (Å²) in [5.41, 5.74) is 4.60. The molecule has 32 heavy (non-hydrogen) atoms. The Morgan fingerprint density at radius 2 is 1.28 bits per heavy atom. The average Bonchev–Trinajstić information content (AvgIpc) is 3.45. The minimum absolute atomic E-state index is 1.12. The molecule has 2 heterocycles. The van der Waals surface area contributed by atoms with Crippen molar-refractivity contribution in [3.05, 3.63) is 57.3 Å². The molecular weight excluding hydrogens is 424 g/mol. The molecule has 0 atom stereocenters. The van der Waals surface area contributed by atoms with Crippen LogP contribution in [0.15, 0.2) is 36.4 Å². The molecule has 0 saturated heterocycles. The van der Waals surface area contributed by atoms with Crippen LogP contribution in [0.2, 0.25) is 0 Å². The Balaban J connectivity index is 1.35. The summed E-state index contributed by atoms with van der Waals surface area (Å²) < 4.78 is 1.46. The van der Waals surface area contributed by atoms with Crippen molar-refractivity contribution in [3.8, 4) is 10.4 Å². The van der Waals surface area contributed by atoms with E-state index in [1.807, 2.05) is 11.3 Å². The number of aryl methyl sites for hydroxylation is 2. The molecule has 0 fully saturated rings. The SMILES string of the molecule is CCCCCCCc1cc2cc3cc4c(cc3cc2s1)-c1sc(CCCCCC)cc1C4. The van der Waals surface area contributed by atoms with Gasteiger partial charge in [-0.3, -0.25) is 0 Å². The van der Waals surface area contributed by atoms with Crippen LogP contribution in [0, 0.1) is 0 Å². The maximum Gasteiger partial charge on any atom is 0.0384 e. The zero-order valence-corrected chi connectivity index (χ0v) is 21.4. The first-order chi connectivity index (χ1) is 15.7. The second kappa shape index (κ2) is 10.1. The van der Waals surface area contributed by atoms with Crippen LogP contribution in [-0.2, 0) is 19.3 Å². The molecule has 0 nitrogen and oxygen atoms in total. The molecule has 0 N–H and O–H groups in total. The molecule has 0 aliphatic heterocycles. The third kappa shape index (κ3) is 4.68. The van der Waals surface area contributed by atoms with Crippen molar-refractivity contribution < 1.29 is 0 Å². The number of thiophene rings is 2. The zero-order valence-electron chi connectivity index (χ0n) is 19.8. The summed E-state index contributed by atoms with van der Waals surface area (Å²) in [5, 5.41) is 4.27. The van der Waals surface area contributed by atoms with Crippen LogP contribution in [0.25, 0.3) is 31.3 Å². The molecule has 0 saturated carbocycles. The number of hydrogen-bond donors (Lipinski definition) is 0. The van der Waals surface area contributed by atoms with Crippen LogP contribution in [0.4, 0.5) is 0 Å². The quantitative estimate of drug-likeness (QED) is 0.172. The van der Waals surface area contributed by atoms with E-state index in [0.717, 1.165) is 6.42 Å². The number of fused-ring (bicyclic) bond motifs is 5. The van der Waals surface area contributed by atoms with Gasteiger partial charge in [-0.2, -0.15) is 0 Å². The van der Waals surface area contributed by atoms with Gasteiger partial charge in [-0.1, -0.05) is 64.9 Å². The maximum atomic E-state index is 2.50. The van der Waals surface area contributed by atoms with E-state index in [4.69, 9.17) is 0 Å². The molecule has 2 aromatic heterocycles. The van der Waals surface area contributed by atoms with E-state index in [2.05, 4.69) is 61.6 Å². The Bertz CT molecular complexity index is 1210. The molecular formula is C30H36S2. The predicted octanol–water partition coefficient (Wildman–Crippen LogP) is 10.3. The highest BCUT2D eigenvalue weighted by atomic mass is 32.1. The van der Waals surface area contributed by atoms with Gasteiger partial charge in [-0.25, -0.2) is 0 Å². The Hall–Kier alpha value is -1.64. The van der Waals surface area contributed by atoms with Crippen molar-refractivity contribution in [1.29, 1.82) is 0 Å². The maximum absolute atomic E-state index is 2.50. The second-order valence-corrected chi connectivity index (χ2v) is 12.0. The van der Waals surface area contributed by atoms with Gasteiger partial charge < -0.3 is 0 Å². The molecule has 1 aliphatic rings. The third-order valence-electron chi connectivity index (χ3n) is 7.04. The molecule has 0 bridgehead atoms. The van der Waals surface area contributed by atoms with E-state index in [-0.39, 0.29) is 0 Å². The molecule has 5 rings (SSSR count). The van der Waals surface area contributed by atoms with E-state index in [0.29, 0.717) is 0 Å². The lowest BCUT2D eigenvalue weighted by Gasteiger charge is -2.05. The van der Waals surface area contributed by atoms with Crippen LogP contribution in [-0.4, -0.2) is 0 Å². The lowest BCUT2D eigenvalue weighted by Crippen LogP contribution is -1.84. The van der Waals surface area contributed by atoms with Gasteiger partial charge in [0.15, 0.2) is 0 Å². The fourth-order valence-corrected chi connectivity index (χ4v) is 7.63. The zero-order chi connectivity index (χ0) is 21.9. The van der Waals surface area contributed by atoms with E-state index >= 15 is 0 Å². The molecule has 2 aromatic carbocycles. The number of unbranched alkanes of at least 4 members (excludes halogenated alkanes) is 7. The minimum Gasteiger partial charge on any atom is -0.140 e. The van der Waals surface area contributed by atoms with E-state index in [1.54, 1.807) is 20.2 Å². The fraction of sp³-hybridized carbons (Fsp3) is 0.467. The molecule has 0 radical (unpaired) electrons. The highest BCUT2D eigenvalue weighted by Crippen LogP contribution is 2.45. The van der Waals surface area contributed by atoms with Gasteiger partial charge in [0.2, 0.25) is 0 Å². The molecule has 1 aliphatic carbocycles. The van der Waals surface area contributed by atoms with Crippen molar-refractivity contribution in [3.63, 3.8) is 0 Å². The summed E-state index contributed by atoms with van der Waals surface area (Å²) in [6.45, 7) is 4.58. The van der Waals surface area contributed by atoms with Gasteiger partial charge in [0, 0.05) is 19.3 Å². The van der Waals surface area contributed by atoms with Gasteiger partial charge in [0.25, 0.3) is 0 Å². The van der Waals surface area contributed by atoms with Crippen molar-refractivity contribution in [2.75, 3.05) is 0 Å². The Morgan fingerprint density at radius 3 is 2.06 bits per heavy atom. The highest BCUT2D eigenvalue weighted by Gasteiger charge is 2.22. The summed E-state index contributed by atoms with van der Waals surface area (Å²) in [5.74, 6) is 0. The summed E-state index contributed by atoms with van der Waals surface area (Å²) in [6.07, 6.45) is 15.8. The van der Waals surface area contributed by atoms with Crippen LogP contribution < -0.4 is 0 Å². The standard InChI is InChI=1S/C30H36S2/c1-3-5-7-9-11-12-26-17-24-15-21-14-23-16-25-18-27(13-10-8-6-4-2)32-30(25)28(23)19-22(21)20-29(24)31-26/h14-15,17-20H,3-13,16H2,1-2H3. The monoisotopic (exact) mass is 460 g/mol. The van der Waals surface area contributed by atoms with E-state index < -0.39 is 0 Å². The van der Waals surface area contributed by atoms with Gasteiger partial charge in [0.05, 0.1) is 0 Å². The first-order valence-corrected chi connectivity index (χ1v) is 14.5. The lowest BCUT2D eigenvalue weighted by atomic mass is 10.0. The van der Waals surface area contributed by atoms with Gasteiger partial charge >= 0.3 is 0 Å². The third-order valence-corrected chi connectivity index (χ3v) is 9.47. The topological polar surface area (TPSA) is 0 Å². The lowest BCUT2D eigenvalue weighted by molar-refractivity contribution is 0.634. The van der Waals surface area contributed by atoms with Crippen molar-refractivity contribution in [2.24, 2.45) is 0 Å².